The highest BCUT2D eigenvalue weighted by molar-refractivity contribution is 7.98. The Labute approximate surface area is 220 Å². The average molecular weight is 515 g/mol. The lowest BCUT2D eigenvalue weighted by molar-refractivity contribution is -0.181. The largest absolute Gasteiger partial charge is 0.347 e. The van der Waals surface area contributed by atoms with Gasteiger partial charge >= 0.3 is 0 Å². The molecule has 2 aliphatic heterocycles. The molecule has 1 amide bonds. The van der Waals surface area contributed by atoms with Crippen LogP contribution in [0.4, 0.5) is 0 Å². The summed E-state index contributed by atoms with van der Waals surface area (Å²) < 4.78 is 13.8. The van der Waals surface area contributed by atoms with E-state index >= 15 is 0 Å². The fourth-order valence-corrected chi connectivity index (χ4v) is 6.07. The Morgan fingerprint density at radius 2 is 1.81 bits per heavy atom. The molecule has 0 radical (unpaired) electrons. The number of piperidine rings is 1. The van der Waals surface area contributed by atoms with Crippen LogP contribution in [0.15, 0.2) is 72.1 Å². The van der Waals surface area contributed by atoms with E-state index in [1.165, 1.54) is 11.1 Å². The molecule has 2 saturated heterocycles. The van der Waals surface area contributed by atoms with Gasteiger partial charge in [-0.05, 0) is 36.2 Å². The molecule has 7 nitrogen and oxygen atoms in total. The zero-order valence-corrected chi connectivity index (χ0v) is 21.7. The van der Waals surface area contributed by atoms with Crippen LogP contribution in [-0.4, -0.2) is 57.4 Å². The standard InChI is InChI=1S/C29H30N4O3S/c1-21-3-2-4-23(17-21)20-37-28-31-25-9-12-30-18-26(25)33(28)19-22-5-7-24(8-6-22)27(34)32-13-10-29(11-14-32)35-15-16-36-29/h2-9,12,17-18H,10-11,13-16,19-20H2,1H3. The summed E-state index contributed by atoms with van der Waals surface area (Å²) in [6.45, 7) is 5.36. The van der Waals surface area contributed by atoms with Crippen molar-refractivity contribution in [3.05, 3.63) is 89.2 Å². The number of hydrogen-bond acceptors (Lipinski definition) is 6. The summed E-state index contributed by atoms with van der Waals surface area (Å²) >= 11 is 1.73. The average Bonchev–Trinajstić information content (AvgIpc) is 3.52. The third-order valence-corrected chi connectivity index (χ3v) is 8.18. The van der Waals surface area contributed by atoms with Crippen molar-refractivity contribution in [3.63, 3.8) is 0 Å². The summed E-state index contributed by atoms with van der Waals surface area (Å²) in [5.74, 6) is 0.433. The number of ether oxygens (including phenoxy) is 2. The number of thioether (sulfide) groups is 1. The van der Waals surface area contributed by atoms with Crippen LogP contribution in [-0.2, 0) is 21.8 Å². The molecule has 4 heterocycles. The van der Waals surface area contributed by atoms with Gasteiger partial charge in [-0.25, -0.2) is 4.98 Å². The molecule has 2 aliphatic rings. The lowest BCUT2D eigenvalue weighted by Crippen LogP contribution is -2.47. The highest BCUT2D eigenvalue weighted by Crippen LogP contribution is 2.32. The van der Waals surface area contributed by atoms with E-state index in [2.05, 4.69) is 40.7 Å². The van der Waals surface area contributed by atoms with Crippen molar-refractivity contribution in [1.29, 1.82) is 0 Å². The molecule has 0 unspecified atom stereocenters. The molecule has 0 N–H and O–H groups in total. The third kappa shape index (κ3) is 5.14. The van der Waals surface area contributed by atoms with E-state index in [-0.39, 0.29) is 5.91 Å². The van der Waals surface area contributed by atoms with Crippen LogP contribution < -0.4 is 0 Å². The molecule has 2 aromatic carbocycles. The summed E-state index contributed by atoms with van der Waals surface area (Å²) in [5.41, 5.74) is 6.30. The first kappa shape index (κ1) is 24.2. The smallest absolute Gasteiger partial charge is 0.253 e. The molecule has 8 heteroatoms. The summed E-state index contributed by atoms with van der Waals surface area (Å²) in [6.07, 6.45) is 5.10. The Morgan fingerprint density at radius 1 is 1.03 bits per heavy atom. The van der Waals surface area contributed by atoms with Crippen LogP contribution in [0.3, 0.4) is 0 Å². The fourth-order valence-electron chi connectivity index (χ4n) is 5.11. The Kier molecular flexibility index (Phi) is 6.71. The monoisotopic (exact) mass is 514 g/mol. The molecule has 4 aromatic rings. The van der Waals surface area contributed by atoms with Gasteiger partial charge in [0.25, 0.3) is 5.91 Å². The predicted octanol–water partition coefficient (Wildman–Crippen LogP) is 5.06. The minimum atomic E-state index is -0.474. The number of aromatic nitrogens is 3. The highest BCUT2D eigenvalue weighted by atomic mass is 32.2. The second kappa shape index (κ2) is 10.3. The summed E-state index contributed by atoms with van der Waals surface area (Å²) in [5, 5.41) is 0.961. The van der Waals surface area contributed by atoms with Crippen LogP contribution >= 0.6 is 11.8 Å². The lowest BCUT2D eigenvalue weighted by atomic mass is 10.0. The molecular weight excluding hydrogens is 484 g/mol. The normalized spacial score (nSPS) is 17.1. The number of likely N-dealkylation sites (tertiary alicyclic amines) is 1. The summed E-state index contributed by atoms with van der Waals surface area (Å²) in [6, 6.07) is 18.5. The van der Waals surface area contributed by atoms with Crippen LogP contribution in [0.5, 0.6) is 0 Å². The number of hydrogen-bond donors (Lipinski definition) is 0. The number of nitrogens with zero attached hydrogens (tertiary/aromatic N) is 4. The zero-order valence-electron chi connectivity index (χ0n) is 20.9. The predicted molar refractivity (Wildman–Crippen MR) is 144 cm³/mol. The van der Waals surface area contributed by atoms with Gasteiger partial charge in [0.15, 0.2) is 10.9 Å². The highest BCUT2D eigenvalue weighted by Gasteiger charge is 2.40. The van der Waals surface area contributed by atoms with Crippen LogP contribution in [0.25, 0.3) is 11.0 Å². The van der Waals surface area contributed by atoms with Crippen LogP contribution in [0.1, 0.15) is 39.9 Å². The quantitative estimate of drug-likeness (QED) is 0.335. The van der Waals surface area contributed by atoms with Gasteiger partial charge in [0, 0.05) is 43.4 Å². The lowest BCUT2D eigenvalue weighted by Gasteiger charge is -2.37. The second-order valence-corrected chi connectivity index (χ2v) is 10.7. The molecule has 2 aromatic heterocycles. The van der Waals surface area contributed by atoms with E-state index in [9.17, 15) is 4.79 Å². The molecule has 0 atom stereocenters. The van der Waals surface area contributed by atoms with Gasteiger partial charge in [-0.2, -0.15) is 0 Å². The molecular formula is C29H30N4O3S. The van der Waals surface area contributed by atoms with Gasteiger partial charge in [-0.3, -0.25) is 9.78 Å². The maximum Gasteiger partial charge on any atom is 0.253 e. The van der Waals surface area contributed by atoms with Crippen molar-refractivity contribution in [2.75, 3.05) is 26.3 Å². The van der Waals surface area contributed by atoms with E-state index in [1.807, 2.05) is 41.4 Å². The van der Waals surface area contributed by atoms with Gasteiger partial charge in [0.05, 0.1) is 37.0 Å². The number of aryl methyl sites for hydroxylation is 1. The molecule has 37 heavy (non-hydrogen) atoms. The Bertz CT molecular complexity index is 1400. The van der Waals surface area contributed by atoms with E-state index in [0.717, 1.165) is 40.3 Å². The second-order valence-electron chi connectivity index (χ2n) is 9.72. The topological polar surface area (TPSA) is 69.5 Å². The molecule has 2 fully saturated rings. The van der Waals surface area contributed by atoms with Gasteiger partial charge in [-0.15, -0.1) is 0 Å². The molecule has 0 bridgehead atoms. The van der Waals surface area contributed by atoms with Crippen molar-refractivity contribution >= 4 is 28.7 Å². The SMILES string of the molecule is Cc1cccc(CSc2nc3ccncc3n2Cc2ccc(C(=O)N3CCC4(CC3)OCCO4)cc2)c1. The third-order valence-electron chi connectivity index (χ3n) is 7.13. The van der Waals surface area contributed by atoms with E-state index < -0.39 is 5.79 Å². The van der Waals surface area contributed by atoms with Crippen molar-refractivity contribution < 1.29 is 14.3 Å². The van der Waals surface area contributed by atoms with E-state index in [1.54, 1.807) is 18.0 Å². The minimum absolute atomic E-state index is 0.0612. The van der Waals surface area contributed by atoms with Crippen LogP contribution in [0.2, 0.25) is 0 Å². The number of pyridine rings is 1. The van der Waals surface area contributed by atoms with Crippen LogP contribution in [0, 0.1) is 6.92 Å². The van der Waals surface area contributed by atoms with Gasteiger partial charge in [-0.1, -0.05) is 53.7 Å². The molecule has 0 aliphatic carbocycles. The maximum atomic E-state index is 13.1. The van der Waals surface area contributed by atoms with Gasteiger partial charge in [0.2, 0.25) is 0 Å². The number of amides is 1. The first-order valence-corrected chi connectivity index (χ1v) is 13.7. The number of carbonyl (C=O) groups is 1. The number of imidazole rings is 1. The summed E-state index contributed by atoms with van der Waals surface area (Å²) in [7, 11) is 0. The maximum absolute atomic E-state index is 13.1. The molecule has 1 spiro atoms. The van der Waals surface area contributed by atoms with Crippen molar-refractivity contribution in [3.8, 4) is 0 Å². The van der Waals surface area contributed by atoms with E-state index in [4.69, 9.17) is 14.5 Å². The number of fused-ring (bicyclic) bond motifs is 1. The Hall–Kier alpha value is -3.20. The first-order chi connectivity index (χ1) is 18.1. The molecule has 0 saturated carbocycles. The van der Waals surface area contributed by atoms with Crippen molar-refractivity contribution in [1.82, 2.24) is 19.4 Å². The Morgan fingerprint density at radius 3 is 2.57 bits per heavy atom. The van der Waals surface area contributed by atoms with Crippen molar-refractivity contribution in [2.45, 2.75) is 43.0 Å². The van der Waals surface area contributed by atoms with E-state index in [0.29, 0.717) is 38.4 Å². The summed E-state index contributed by atoms with van der Waals surface area (Å²) in [4.78, 5) is 24.2. The fraction of sp³-hybridized carbons (Fsp3) is 0.345. The van der Waals surface area contributed by atoms with Crippen molar-refractivity contribution in [2.24, 2.45) is 0 Å². The number of rotatable bonds is 6. The number of carbonyl (C=O) groups excluding carboxylic acids is 1. The molecule has 6 rings (SSSR count). The number of benzene rings is 2. The molecule has 190 valence electrons. The zero-order chi connectivity index (χ0) is 25.2. The van der Waals surface area contributed by atoms with Gasteiger partial charge < -0.3 is 18.9 Å². The minimum Gasteiger partial charge on any atom is -0.347 e. The Balaban J connectivity index is 1.16. The first-order valence-electron chi connectivity index (χ1n) is 12.7. The van der Waals surface area contributed by atoms with Gasteiger partial charge in [0.1, 0.15) is 0 Å².